The molecule has 0 saturated heterocycles. The molecule has 0 aliphatic rings. The van der Waals surface area contributed by atoms with Crippen molar-refractivity contribution in [3.63, 3.8) is 0 Å². The summed E-state index contributed by atoms with van der Waals surface area (Å²) in [5.41, 5.74) is 0. The molecule has 0 fully saturated rings. The fourth-order valence-electron chi connectivity index (χ4n) is 1.21. The summed E-state index contributed by atoms with van der Waals surface area (Å²) in [7, 11) is -3.12. The Bertz CT molecular complexity index is 584. The van der Waals surface area contributed by atoms with Gasteiger partial charge in [-0.15, -0.1) is 11.3 Å². The van der Waals surface area contributed by atoms with E-state index in [2.05, 4.69) is 0 Å². The summed E-state index contributed by atoms with van der Waals surface area (Å²) in [6.07, 6.45) is 1.20. The lowest BCUT2D eigenvalue weighted by Gasteiger charge is -1.97. The van der Waals surface area contributed by atoms with Crippen molar-refractivity contribution in [2.24, 2.45) is 0 Å². The Morgan fingerprint density at radius 3 is 2.71 bits per heavy atom. The Kier molecular flexibility index (Phi) is 2.29. The Balaban J connectivity index is 2.76. The maximum Gasteiger partial charge on any atom is 0.175 e. The maximum atomic E-state index is 11.3. The molecule has 0 N–H and O–H groups in total. The van der Waals surface area contributed by atoms with Gasteiger partial charge in [0.05, 0.1) is 9.92 Å². The monoisotopic (exact) mass is 246 g/mol. The van der Waals surface area contributed by atoms with Crippen molar-refractivity contribution in [2.75, 3.05) is 6.26 Å². The molecule has 74 valence electrons. The van der Waals surface area contributed by atoms with Crippen LogP contribution in [0.1, 0.15) is 0 Å². The summed E-state index contributed by atoms with van der Waals surface area (Å²) >= 11 is 7.35. The Morgan fingerprint density at radius 2 is 2.07 bits per heavy atom. The number of benzene rings is 1. The highest BCUT2D eigenvalue weighted by atomic mass is 35.5. The number of fused-ring (bicyclic) bond motifs is 1. The number of hydrogen-bond donors (Lipinski definition) is 0. The van der Waals surface area contributed by atoms with Gasteiger partial charge >= 0.3 is 0 Å². The maximum absolute atomic E-state index is 11.3. The van der Waals surface area contributed by atoms with Crippen molar-refractivity contribution >= 4 is 42.9 Å². The number of rotatable bonds is 1. The largest absolute Gasteiger partial charge is 0.224 e. The SMILES string of the molecule is CS(=O)(=O)c1ccc2c(Cl)csc2c1. The molecule has 1 aromatic carbocycles. The second kappa shape index (κ2) is 3.22. The molecule has 0 amide bonds. The van der Waals surface area contributed by atoms with E-state index >= 15 is 0 Å². The first-order chi connectivity index (χ1) is 6.48. The zero-order valence-corrected chi connectivity index (χ0v) is 9.71. The minimum Gasteiger partial charge on any atom is -0.224 e. The van der Waals surface area contributed by atoms with E-state index in [0.717, 1.165) is 10.1 Å². The summed E-state index contributed by atoms with van der Waals surface area (Å²) in [6, 6.07) is 4.97. The van der Waals surface area contributed by atoms with Gasteiger partial charge in [-0.1, -0.05) is 17.7 Å². The minimum atomic E-state index is -3.12. The van der Waals surface area contributed by atoms with Gasteiger partial charge in [0.1, 0.15) is 0 Å². The summed E-state index contributed by atoms with van der Waals surface area (Å²) in [5.74, 6) is 0. The van der Waals surface area contributed by atoms with Crippen LogP contribution in [0.4, 0.5) is 0 Å². The third-order valence-electron chi connectivity index (χ3n) is 1.93. The average molecular weight is 247 g/mol. The molecule has 2 aromatic rings. The molecule has 0 spiro atoms. The third kappa shape index (κ3) is 1.65. The smallest absolute Gasteiger partial charge is 0.175 e. The Hall–Kier alpha value is -0.580. The van der Waals surface area contributed by atoms with Crippen LogP contribution in [-0.4, -0.2) is 14.7 Å². The van der Waals surface area contributed by atoms with E-state index in [-0.39, 0.29) is 0 Å². The average Bonchev–Trinajstić information content (AvgIpc) is 2.46. The normalized spacial score (nSPS) is 12.1. The fraction of sp³-hybridized carbons (Fsp3) is 0.111. The molecule has 1 heterocycles. The van der Waals surface area contributed by atoms with Gasteiger partial charge in [0, 0.05) is 21.7 Å². The zero-order chi connectivity index (χ0) is 10.3. The van der Waals surface area contributed by atoms with Gasteiger partial charge in [-0.2, -0.15) is 0 Å². The molecular weight excluding hydrogens is 240 g/mol. The molecule has 0 aliphatic heterocycles. The lowest BCUT2D eigenvalue weighted by Crippen LogP contribution is -1.95. The molecule has 5 heteroatoms. The summed E-state index contributed by atoms with van der Waals surface area (Å²) < 4.78 is 23.4. The van der Waals surface area contributed by atoms with Crippen molar-refractivity contribution in [3.05, 3.63) is 28.6 Å². The van der Waals surface area contributed by atoms with Crippen LogP contribution in [0.15, 0.2) is 28.5 Å². The molecular formula is C9H7ClO2S2. The van der Waals surface area contributed by atoms with Crippen LogP contribution in [-0.2, 0) is 9.84 Å². The lowest BCUT2D eigenvalue weighted by molar-refractivity contribution is 0.602. The fourth-order valence-corrected chi connectivity index (χ4v) is 3.14. The first kappa shape index (κ1) is 9.96. The number of thiophene rings is 1. The Labute approximate surface area is 91.0 Å². The molecule has 0 radical (unpaired) electrons. The summed E-state index contributed by atoms with van der Waals surface area (Å²) in [5, 5.41) is 3.38. The first-order valence-electron chi connectivity index (χ1n) is 3.85. The number of halogens is 1. The summed E-state index contributed by atoms with van der Waals surface area (Å²) in [4.78, 5) is 0.337. The first-order valence-corrected chi connectivity index (χ1v) is 7.00. The zero-order valence-electron chi connectivity index (χ0n) is 7.32. The van der Waals surface area contributed by atoms with Crippen LogP contribution in [0.2, 0.25) is 5.02 Å². The van der Waals surface area contributed by atoms with E-state index < -0.39 is 9.84 Å². The van der Waals surface area contributed by atoms with Crippen LogP contribution in [0.3, 0.4) is 0 Å². The standard InChI is InChI=1S/C9H7ClO2S2/c1-14(11,12)6-2-3-7-8(10)5-13-9(7)4-6/h2-5H,1H3. The van der Waals surface area contributed by atoms with Crippen LogP contribution >= 0.6 is 22.9 Å². The van der Waals surface area contributed by atoms with E-state index in [9.17, 15) is 8.42 Å². The summed E-state index contributed by atoms with van der Waals surface area (Å²) in [6.45, 7) is 0. The predicted octanol–water partition coefficient (Wildman–Crippen LogP) is 2.96. The Morgan fingerprint density at radius 1 is 1.36 bits per heavy atom. The van der Waals surface area contributed by atoms with E-state index in [1.807, 2.05) is 0 Å². The van der Waals surface area contributed by atoms with E-state index in [4.69, 9.17) is 11.6 Å². The molecule has 1 aromatic heterocycles. The molecule has 0 aliphatic carbocycles. The predicted molar refractivity (Wildman–Crippen MR) is 59.9 cm³/mol. The topological polar surface area (TPSA) is 34.1 Å². The van der Waals surface area contributed by atoms with Gasteiger partial charge in [-0.05, 0) is 12.1 Å². The van der Waals surface area contributed by atoms with E-state index in [1.165, 1.54) is 17.6 Å². The van der Waals surface area contributed by atoms with Crippen molar-refractivity contribution < 1.29 is 8.42 Å². The van der Waals surface area contributed by atoms with Crippen molar-refractivity contribution in [1.29, 1.82) is 0 Å². The van der Waals surface area contributed by atoms with Crippen molar-refractivity contribution in [3.8, 4) is 0 Å². The molecule has 14 heavy (non-hydrogen) atoms. The molecule has 0 atom stereocenters. The van der Waals surface area contributed by atoms with E-state index in [1.54, 1.807) is 23.6 Å². The van der Waals surface area contributed by atoms with E-state index in [0.29, 0.717) is 9.92 Å². The highest BCUT2D eigenvalue weighted by Crippen LogP contribution is 2.31. The molecule has 0 saturated carbocycles. The van der Waals surface area contributed by atoms with Gasteiger partial charge in [-0.25, -0.2) is 8.42 Å². The molecule has 2 nitrogen and oxygen atoms in total. The second-order valence-corrected chi connectivity index (χ2v) is 6.35. The van der Waals surface area contributed by atoms with Crippen molar-refractivity contribution in [1.82, 2.24) is 0 Å². The number of hydrogen-bond acceptors (Lipinski definition) is 3. The van der Waals surface area contributed by atoms with Crippen molar-refractivity contribution in [2.45, 2.75) is 4.90 Å². The molecule has 0 bridgehead atoms. The third-order valence-corrected chi connectivity index (χ3v) is 4.43. The number of sulfone groups is 1. The highest BCUT2D eigenvalue weighted by molar-refractivity contribution is 7.90. The van der Waals surface area contributed by atoms with Crippen LogP contribution in [0, 0.1) is 0 Å². The van der Waals surface area contributed by atoms with Gasteiger partial charge in [0.25, 0.3) is 0 Å². The van der Waals surface area contributed by atoms with Crippen LogP contribution in [0.5, 0.6) is 0 Å². The van der Waals surface area contributed by atoms with Gasteiger partial charge in [0.2, 0.25) is 0 Å². The van der Waals surface area contributed by atoms with Gasteiger partial charge in [0.15, 0.2) is 9.84 Å². The second-order valence-electron chi connectivity index (χ2n) is 3.01. The van der Waals surface area contributed by atoms with Gasteiger partial charge in [-0.3, -0.25) is 0 Å². The highest BCUT2D eigenvalue weighted by Gasteiger charge is 2.09. The van der Waals surface area contributed by atoms with Gasteiger partial charge < -0.3 is 0 Å². The quantitative estimate of drug-likeness (QED) is 0.775. The van der Waals surface area contributed by atoms with Crippen LogP contribution in [0.25, 0.3) is 10.1 Å². The van der Waals surface area contributed by atoms with Crippen LogP contribution < -0.4 is 0 Å². The molecule has 2 rings (SSSR count). The minimum absolute atomic E-state index is 0.337. The lowest BCUT2D eigenvalue weighted by atomic mass is 10.3. The molecule has 0 unspecified atom stereocenters.